The topological polar surface area (TPSA) is 63.2 Å². The van der Waals surface area contributed by atoms with E-state index < -0.39 is 24.9 Å². The van der Waals surface area contributed by atoms with Crippen molar-refractivity contribution in [2.75, 3.05) is 0 Å². The fourth-order valence-corrected chi connectivity index (χ4v) is 4.73. The van der Waals surface area contributed by atoms with Gasteiger partial charge < -0.3 is 5.32 Å². The monoisotopic (exact) mass is 405 g/mol. The predicted molar refractivity (Wildman–Crippen MR) is 96.0 cm³/mol. The summed E-state index contributed by atoms with van der Waals surface area (Å²) in [5, 5.41) is 0.621. The zero-order valence-corrected chi connectivity index (χ0v) is 15.4. The molecule has 2 aromatic rings. The molecule has 4 nitrogen and oxygen atoms in total. The summed E-state index contributed by atoms with van der Waals surface area (Å²) in [5.41, 5.74) is 0.718. The molecule has 1 N–H and O–H groups in total. The minimum absolute atomic E-state index is 0.0254. The van der Waals surface area contributed by atoms with Crippen molar-refractivity contribution in [1.82, 2.24) is 5.32 Å². The van der Waals surface area contributed by atoms with Gasteiger partial charge in [0.05, 0.1) is 11.3 Å². The van der Waals surface area contributed by atoms with Gasteiger partial charge >= 0.3 is 0 Å². The number of carbonyl (C=O) groups excluding carboxylic acids is 1. The van der Waals surface area contributed by atoms with Crippen molar-refractivity contribution < 1.29 is 13.2 Å². The fourth-order valence-electron chi connectivity index (χ4n) is 2.06. The Labute approximate surface area is 155 Å². The highest BCUT2D eigenvalue weighted by Gasteiger charge is 2.44. The summed E-state index contributed by atoms with van der Waals surface area (Å²) < 4.78 is 23.2. The average Bonchev–Trinajstić information content (AvgIpc) is 2.53. The Balaban J connectivity index is 2.25. The number of hydrogen-bond acceptors (Lipinski definition) is 3. The Bertz CT molecular complexity index is 790. The van der Waals surface area contributed by atoms with Crippen molar-refractivity contribution >= 4 is 50.5 Å². The number of nitrogens with one attached hydrogen (secondary N) is 1. The van der Waals surface area contributed by atoms with Gasteiger partial charge in [0.2, 0.25) is 19.5 Å². The molecule has 128 valence electrons. The van der Waals surface area contributed by atoms with E-state index in [0.717, 1.165) is 5.56 Å². The van der Waals surface area contributed by atoms with Crippen molar-refractivity contribution in [3.05, 3.63) is 66.2 Å². The number of amides is 1. The minimum Gasteiger partial charge on any atom is -0.335 e. The normalized spacial score (nSPS) is 13.3. The summed E-state index contributed by atoms with van der Waals surface area (Å²) in [6.07, 6.45) is -0.0254. The van der Waals surface area contributed by atoms with Crippen LogP contribution in [0.5, 0.6) is 0 Å². The molecule has 0 saturated heterocycles. The summed E-state index contributed by atoms with van der Waals surface area (Å²) in [6, 6.07) is 16.4. The number of benzene rings is 2. The Morgan fingerprint density at radius 2 is 1.46 bits per heavy atom. The van der Waals surface area contributed by atoms with E-state index in [1.807, 2.05) is 6.07 Å². The molecule has 0 aliphatic carbocycles. The molecule has 8 heteroatoms. The van der Waals surface area contributed by atoms with E-state index in [2.05, 4.69) is 5.32 Å². The number of hydrogen-bond donors (Lipinski definition) is 1. The molecule has 0 bridgehead atoms. The SMILES string of the molecule is O=C(Cc1ccccc1)NC(C(Cl)(Cl)Cl)S(=O)(=O)c1ccccc1. The molecule has 2 rings (SSSR count). The second-order valence-corrected chi connectivity index (χ2v) is 9.41. The summed E-state index contributed by atoms with van der Waals surface area (Å²) >= 11 is 17.5. The van der Waals surface area contributed by atoms with Crippen molar-refractivity contribution in [3.63, 3.8) is 0 Å². The second kappa shape index (κ2) is 7.74. The number of rotatable bonds is 5. The lowest BCUT2D eigenvalue weighted by molar-refractivity contribution is -0.120. The van der Waals surface area contributed by atoms with E-state index in [1.54, 1.807) is 42.5 Å². The first-order valence-corrected chi connectivity index (χ1v) is 9.58. The van der Waals surface area contributed by atoms with Gasteiger partial charge in [-0.05, 0) is 17.7 Å². The fraction of sp³-hybridized carbons (Fsp3) is 0.188. The van der Waals surface area contributed by atoms with E-state index in [1.165, 1.54) is 12.1 Å². The second-order valence-electron chi connectivity index (χ2n) is 5.01. The van der Waals surface area contributed by atoms with Gasteiger partial charge in [-0.1, -0.05) is 83.3 Å². The van der Waals surface area contributed by atoms with Crippen molar-refractivity contribution in [1.29, 1.82) is 0 Å². The van der Waals surface area contributed by atoms with Gasteiger partial charge in [0, 0.05) is 0 Å². The van der Waals surface area contributed by atoms with Crippen LogP contribution in [-0.4, -0.2) is 23.5 Å². The zero-order valence-electron chi connectivity index (χ0n) is 12.3. The maximum atomic E-state index is 12.7. The van der Waals surface area contributed by atoms with Gasteiger partial charge in [0.1, 0.15) is 0 Å². The Morgan fingerprint density at radius 1 is 0.958 bits per heavy atom. The Morgan fingerprint density at radius 3 is 1.96 bits per heavy atom. The first-order chi connectivity index (χ1) is 11.2. The highest BCUT2D eigenvalue weighted by molar-refractivity contribution is 7.92. The first kappa shape index (κ1) is 19.1. The van der Waals surface area contributed by atoms with Gasteiger partial charge in [-0.2, -0.15) is 0 Å². The summed E-state index contributed by atoms with van der Waals surface area (Å²) in [4.78, 5) is 12.2. The summed E-state index contributed by atoms with van der Waals surface area (Å²) in [7, 11) is -4.07. The van der Waals surface area contributed by atoms with Crippen LogP contribution < -0.4 is 5.32 Å². The number of sulfone groups is 1. The van der Waals surface area contributed by atoms with Crippen LogP contribution >= 0.6 is 34.8 Å². The van der Waals surface area contributed by atoms with E-state index in [4.69, 9.17) is 34.8 Å². The van der Waals surface area contributed by atoms with Crippen LogP contribution in [-0.2, 0) is 21.1 Å². The zero-order chi connectivity index (χ0) is 17.8. The molecule has 0 spiro atoms. The molecule has 0 fully saturated rings. The number of halogens is 3. The maximum Gasteiger partial charge on any atom is 0.225 e. The lowest BCUT2D eigenvalue weighted by atomic mass is 10.1. The van der Waals surface area contributed by atoms with E-state index in [0.29, 0.717) is 0 Å². The molecule has 1 unspecified atom stereocenters. The van der Waals surface area contributed by atoms with Crippen molar-refractivity contribution in [3.8, 4) is 0 Å². The lowest BCUT2D eigenvalue weighted by Crippen LogP contribution is -2.49. The maximum absolute atomic E-state index is 12.7. The van der Waals surface area contributed by atoms with Crippen LogP contribution in [0.2, 0.25) is 0 Å². The van der Waals surface area contributed by atoms with Crippen molar-refractivity contribution in [2.45, 2.75) is 20.5 Å². The molecular formula is C16H14Cl3NO3S. The quantitative estimate of drug-likeness (QED) is 0.773. The van der Waals surface area contributed by atoms with Gasteiger partial charge in [-0.15, -0.1) is 0 Å². The molecule has 1 atom stereocenters. The van der Waals surface area contributed by atoms with E-state index in [9.17, 15) is 13.2 Å². The third-order valence-electron chi connectivity index (χ3n) is 3.18. The molecule has 1 amide bonds. The molecule has 2 aromatic carbocycles. The largest absolute Gasteiger partial charge is 0.335 e. The van der Waals surface area contributed by atoms with E-state index in [-0.39, 0.29) is 11.3 Å². The third kappa shape index (κ3) is 4.86. The molecule has 24 heavy (non-hydrogen) atoms. The van der Waals surface area contributed by atoms with Crippen molar-refractivity contribution in [2.24, 2.45) is 0 Å². The van der Waals surface area contributed by atoms with Crippen LogP contribution in [0.1, 0.15) is 5.56 Å². The third-order valence-corrected chi connectivity index (χ3v) is 6.24. The molecule has 0 aliphatic rings. The van der Waals surface area contributed by atoms with Gasteiger partial charge in [0.25, 0.3) is 0 Å². The van der Waals surface area contributed by atoms with Gasteiger partial charge in [-0.25, -0.2) is 8.42 Å². The molecule has 0 radical (unpaired) electrons. The number of carbonyl (C=O) groups is 1. The average molecular weight is 407 g/mol. The molecular weight excluding hydrogens is 393 g/mol. The first-order valence-electron chi connectivity index (χ1n) is 6.90. The van der Waals surface area contributed by atoms with Crippen LogP contribution in [0.15, 0.2) is 65.6 Å². The number of alkyl halides is 3. The smallest absolute Gasteiger partial charge is 0.225 e. The lowest BCUT2D eigenvalue weighted by Gasteiger charge is -2.25. The molecule has 0 saturated carbocycles. The summed E-state index contributed by atoms with van der Waals surface area (Å²) in [6.45, 7) is 0. The Hall–Kier alpha value is -1.27. The van der Waals surface area contributed by atoms with Crippen LogP contribution in [0.3, 0.4) is 0 Å². The molecule has 0 aromatic heterocycles. The Kier molecular flexibility index (Phi) is 6.15. The van der Waals surface area contributed by atoms with E-state index >= 15 is 0 Å². The standard InChI is InChI=1S/C16H14Cl3NO3S/c17-16(18,19)15(24(22,23)13-9-5-2-6-10-13)20-14(21)11-12-7-3-1-4-8-12/h1-10,15H,11H2,(H,20,21). The molecule has 0 aliphatic heterocycles. The van der Waals surface area contributed by atoms with Crippen LogP contribution in [0.4, 0.5) is 0 Å². The summed E-state index contributed by atoms with van der Waals surface area (Å²) in [5.74, 6) is -0.558. The van der Waals surface area contributed by atoms with Crippen LogP contribution in [0.25, 0.3) is 0 Å². The van der Waals surface area contributed by atoms with Gasteiger partial charge in [0.15, 0.2) is 5.37 Å². The van der Waals surface area contributed by atoms with Gasteiger partial charge in [-0.3, -0.25) is 4.79 Å². The minimum atomic E-state index is -4.07. The van der Waals surface area contributed by atoms with Crippen LogP contribution in [0, 0.1) is 0 Å². The predicted octanol–water partition coefficient (Wildman–Crippen LogP) is 3.52. The highest BCUT2D eigenvalue weighted by atomic mass is 35.6. The highest BCUT2D eigenvalue weighted by Crippen LogP contribution is 2.35. The molecule has 0 heterocycles.